The second-order valence-electron chi connectivity index (χ2n) is 5.29. The molecule has 120 valence electrons. The average molecular weight is 313 g/mol. The molecule has 0 bridgehead atoms. The summed E-state index contributed by atoms with van der Waals surface area (Å²) in [5.41, 5.74) is 2.28. The van der Waals surface area contributed by atoms with Gasteiger partial charge in [-0.2, -0.15) is 0 Å². The lowest BCUT2D eigenvalue weighted by molar-refractivity contribution is -0.142. The number of aryl methyl sites for hydroxylation is 1. The molecular weight excluding hydrogens is 294 g/mol. The summed E-state index contributed by atoms with van der Waals surface area (Å²) in [4.78, 5) is 24.2. The molecule has 0 aromatic heterocycles. The zero-order valence-corrected chi connectivity index (χ0v) is 13.1. The zero-order valence-electron chi connectivity index (χ0n) is 13.1. The number of amides is 1. The lowest BCUT2D eigenvalue weighted by Gasteiger charge is -2.17. The van der Waals surface area contributed by atoms with Gasteiger partial charge in [-0.15, -0.1) is 0 Å². The van der Waals surface area contributed by atoms with Gasteiger partial charge in [-0.05, 0) is 30.7 Å². The first-order valence-electron chi connectivity index (χ1n) is 7.23. The molecule has 0 saturated heterocycles. The minimum Gasteiger partial charge on any atom is -0.508 e. The van der Waals surface area contributed by atoms with E-state index >= 15 is 0 Å². The van der Waals surface area contributed by atoms with Gasteiger partial charge in [-0.1, -0.05) is 35.9 Å². The maximum Gasteiger partial charge on any atom is 0.328 e. The first-order valence-corrected chi connectivity index (χ1v) is 7.23. The first kappa shape index (κ1) is 16.5. The van der Waals surface area contributed by atoms with Crippen LogP contribution in [-0.4, -0.2) is 30.1 Å². The molecule has 2 N–H and O–H groups in total. The van der Waals surface area contributed by atoms with E-state index in [1.807, 2.05) is 31.2 Å². The van der Waals surface area contributed by atoms with Crippen LogP contribution in [0.15, 0.2) is 48.5 Å². The highest BCUT2D eigenvalue weighted by atomic mass is 16.5. The Morgan fingerprint density at radius 2 is 1.91 bits per heavy atom. The minimum absolute atomic E-state index is 0.00838. The number of nitrogens with one attached hydrogen (secondary N) is 1. The van der Waals surface area contributed by atoms with Crippen molar-refractivity contribution in [3.8, 4) is 5.75 Å². The molecule has 5 nitrogen and oxygen atoms in total. The summed E-state index contributed by atoms with van der Waals surface area (Å²) in [5, 5.41) is 12.1. The summed E-state index contributed by atoms with van der Waals surface area (Å²) in [5.74, 6) is -0.963. The van der Waals surface area contributed by atoms with Crippen molar-refractivity contribution in [2.45, 2.75) is 19.4 Å². The van der Waals surface area contributed by atoms with Crippen LogP contribution in [0.4, 0.5) is 0 Å². The van der Waals surface area contributed by atoms with Crippen LogP contribution in [0.3, 0.4) is 0 Å². The fourth-order valence-electron chi connectivity index (χ4n) is 2.30. The number of hydrogen-bond acceptors (Lipinski definition) is 4. The van der Waals surface area contributed by atoms with Crippen LogP contribution in [0.25, 0.3) is 0 Å². The summed E-state index contributed by atoms with van der Waals surface area (Å²) in [6, 6.07) is 12.9. The van der Waals surface area contributed by atoms with Crippen LogP contribution in [0.1, 0.15) is 21.5 Å². The Bertz CT molecular complexity index is 712. The Morgan fingerprint density at radius 1 is 1.17 bits per heavy atom. The summed E-state index contributed by atoms with van der Waals surface area (Å²) in [6.07, 6.45) is 0.332. The Morgan fingerprint density at radius 3 is 2.57 bits per heavy atom. The Hall–Kier alpha value is -2.82. The number of carbonyl (C=O) groups is 2. The van der Waals surface area contributed by atoms with Crippen LogP contribution < -0.4 is 5.32 Å². The molecule has 23 heavy (non-hydrogen) atoms. The number of methoxy groups -OCH3 is 1. The third-order valence-corrected chi connectivity index (χ3v) is 3.42. The van der Waals surface area contributed by atoms with Gasteiger partial charge in [0.1, 0.15) is 11.8 Å². The smallest absolute Gasteiger partial charge is 0.328 e. The predicted octanol–water partition coefficient (Wildman–Crippen LogP) is 2.21. The van der Waals surface area contributed by atoms with Crippen molar-refractivity contribution < 1.29 is 19.4 Å². The number of ether oxygens (including phenoxy) is 1. The maximum atomic E-state index is 12.3. The van der Waals surface area contributed by atoms with Gasteiger partial charge < -0.3 is 15.2 Å². The highest BCUT2D eigenvalue weighted by Crippen LogP contribution is 2.12. The third kappa shape index (κ3) is 4.57. The average Bonchev–Trinajstić information content (AvgIpc) is 2.53. The number of benzene rings is 2. The molecule has 1 amide bonds. The van der Waals surface area contributed by atoms with E-state index in [1.54, 1.807) is 12.1 Å². The molecule has 1 atom stereocenters. The molecule has 2 aromatic rings. The van der Waals surface area contributed by atoms with E-state index in [9.17, 15) is 14.7 Å². The Balaban J connectivity index is 2.15. The van der Waals surface area contributed by atoms with Crippen LogP contribution >= 0.6 is 0 Å². The van der Waals surface area contributed by atoms with Crippen LogP contribution in [0.2, 0.25) is 0 Å². The van der Waals surface area contributed by atoms with E-state index in [-0.39, 0.29) is 11.3 Å². The number of phenols is 1. The molecule has 0 radical (unpaired) electrons. The van der Waals surface area contributed by atoms with Crippen molar-refractivity contribution in [2.75, 3.05) is 7.11 Å². The van der Waals surface area contributed by atoms with E-state index in [0.717, 1.165) is 11.1 Å². The summed E-state index contributed by atoms with van der Waals surface area (Å²) >= 11 is 0. The largest absolute Gasteiger partial charge is 0.508 e. The molecule has 0 saturated carbocycles. The van der Waals surface area contributed by atoms with Crippen molar-refractivity contribution in [3.63, 3.8) is 0 Å². The van der Waals surface area contributed by atoms with Gasteiger partial charge in [-0.3, -0.25) is 4.79 Å². The van der Waals surface area contributed by atoms with Gasteiger partial charge in [0.05, 0.1) is 7.11 Å². The van der Waals surface area contributed by atoms with E-state index < -0.39 is 17.9 Å². The molecule has 0 aliphatic heterocycles. The fourth-order valence-corrected chi connectivity index (χ4v) is 2.30. The second kappa shape index (κ2) is 7.45. The van der Waals surface area contributed by atoms with Gasteiger partial charge >= 0.3 is 5.97 Å². The predicted molar refractivity (Wildman–Crippen MR) is 86.3 cm³/mol. The molecule has 0 aliphatic carbocycles. The lowest BCUT2D eigenvalue weighted by Crippen LogP contribution is -2.43. The molecule has 5 heteroatoms. The molecular formula is C18H19NO4. The van der Waals surface area contributed by atoms with Gasteiger partial charge in [0.25, 0.3) is 5.91 Å². The molecule has 0 fully saturated rings. The van der Waals surface area contributed by atoms with Crippen molar-refractivity contribution in [3.05, 3.63) is 65.2 Å². The molecule has 0 spiro atoms. The molecule has 0 heterocycles. The highest BCUT2D eigenvalue weighted by molar-refractivity contribution is 5.97. The number of aromatic hydroxyl groups is 1. The summed E-state index contributed by atoms with van der Waals surface area (Å²) < 4.78 is 4.77. The van der Waals surface area contributed by atoms with Crippen LogP contribution in [0.5, 0.6) is 5.75 Å². The van der Waals surface area contributed by atoms with Gasteiger partial charge in [0, 0.05) is 12.0 Å². The first-order chi connectivity index (χ1) is 11.0. The van der Waals surface area contributed by atoms with Gasteiger partial charge in [-0.25, -0.2) is 4.79 Å². The van der Waals surface area contributed by atoms with Crippen molar-refractivity contribution >= 4 is 11.9 Å². The number of hydrogen-bond donors (Lipinski definition) is 2. The normalized spacial score (nSPS) is 11.6. The van der Waals surface area contributed by atoms with Crippen molar-refractivity contribution in [2.24, 2.45) is 0 Å². The Kier molecular flexibility index (Phi) is 5.36. The van der Waals surface area contributed by atoms with Gasteiger partial charge in [0.15, 0.2) is 0 Å². The Labute approximate surface area is 134 Å². The van der Waals surface area contributed by atoms with Crippen LogP contribution in [-0.2, 0) is 16.0 Å². The molecule has 0 unspecified atom stereocenters. The summed E-state index contributed by atoms with van der Waals surface area (Å²) in [6.45, 7) is 1.96. The summed E-state index contributed by atoms with van der Waals surface area (Å²) in [7, 11) is 1.28. The van der Waals surface area contributed by atoms with E-state index in [1.165, 1.54) is 19.2 Å². The number of rotatable bonds is 5. The monoisotopic (exact) mass is 313 g/mol. The quantitative estimate of drug-likeness (QED) is 0.830. The van der Waals surface area contributed by atoms with Crippen LogP contribution in [0, 0.1) is 6.92 Å². The van der Waals surface area contributed by atoms with E-state index in [2.05, 4.69) is 5.32 Å². The second-order valence-corrected chi connectivity index (χ2v) is 5.29. The number of phenolic OH excluding ortho intramolecular Hbond substituents is 1. The van der Waals surface area contributed by atoms with Crippen molar-refractivity contribution in [1.29, 1.82) is 0 Å². The number of carbonyl (C=O) groups excluding carboxylic acids is 2. The molecule has 0 aliphatic rings. The SMILES string of the molecule is COC(=O)[C@H](Cc1cccc(C)c1)NC(=O)c1cccc(O)c1. The van der Waals surface area contributed by atoms with Crippen molar-refractivity contribution in [1.82, 2.24) is 5.32 Å². The maximum absolute atomic E-state index is 12.3. The topological polar surface area (TPSA) is 75.6 Å². The lowest BCUT2D eigenvalue weighted by atomic mass is 10.0. The van der Waals surface area contributed by atoms with Gasteiger partial charge in [0.2, 0.25) is 0 Å². The highest BCUT2D eigenvalue weighted by Gasteiger charge is 2.22. The fraction of sp³-hybridized carbons (Fsp3) is 0.222. The van der Waals surface area contributed by atoms with E-state index in [0.29, 0.717) is 6.42 Å². The zero-order chi connectivity index (χ0) is 16.8. The molecule has 2 rings (SSSR count). The number of esters is 1. The third-order valence-electron chi connectivity index (χ3n) is 3.42. The molecule has 2 aromatic carbocycles. The standard InChI is InChI=1S/C18H19NO4/c1-12-5-3-6-13(9-12)10-16(18(22)23-2)19-17(21)14-7-4-8-15(20)11-14/h3-9,11,16,20H,10H2,1-2H3,(H,19,21)/t16-/m0/s1. The minimum atomic E-state index is -0.795. The van der Waals surface area contributed by atoms with E-state index in [4.69, 9.17) is 4.74 Å².